The fraction of sp³-hybridized carbons (Fsp3) is 0.312. The van der Waals surface area contributed by atoms with E-state index < -0.39 is 5.91 Å². The van der Waals surface area contributed by atoms with Crippen LogP contribution in [0.1, 0.15) is 35.9 Å². The summed E-state index contributed by atoms with van der Waals surface area (Å²) >= 11 is 6.04. The molecule has 1 amide bonds. The lowest BCUT2D eigenvalue weighted by Gasteiger charge is -2.13. The Labute approximate surface area is 139 Å². The molecule has 0 spiro atoms. The average molecular weight is 336 g/mol. The molecule has 0 atom stereocenters. The Morgan fingerprint density at radius 1 is 1.13 bits per heavy atom. The molecule has 0 aliphatic heterocycles. The van der Waals surface area contributed by atoms with Gasteiger partial charge < -0.3 is 14.8 Å². The Kier molecular flexibility index (Phi) is 5.39. The van der Waals surface area contributed by atoms with E-state index in [2.05, 4.69) is 15.5 Å². The highest BCUT2D eigenvalue weighted by Gasteiger charge is 2.15. The van der Waals surface area contributed by atoms with E-state index in [4.69, 9.17) is 21.1 Å². The van der Waals surface area contributed by atoms with E-state index in [0.29, 0.717) is 22.2 Å². The topological polar surface area (TPSA) is 73.3 Å². The number of halogens is 1. The van der Waals surface area contributed by atoms with Gasteiger partial charge in [0.1, 0.15) is 11.5 Å². The molecular formula is C16H18ClN3O3. The van der Waals surface area contributed by atoms with E-state index in [0.717, 1.165) is 5.69 Å². The number of anilines is 1. The summed E-state index contributed by atoms with van der Waals surface area (Å²) < 4.78 is 10.4. The number of methoxy groups -OCH3 is 2. The standard InChI is InChI=1S/C16H18ClN3O3/c1-9(2)11-5-6-12(20-19-11)16(21)18-13-8-14(22-3)10(17)7-15(13)23-4/h5-9H,1-4H3,(H,18,21). The van der Waals surface area contributed by atoms with Crippen molar-refractivity contribution in [3.63, 3.8) is 0 Å². The minimum Gasteiger partial charge on any atom is -0.495 e. The fourth-order valence-corrected chi connectivity index (χ4v) is 2.15. The fourth-order valence-electron chi connectivity index (χ4n) is 1.92. The van der Waals surface area contributed by atoms with Crippen molar-refractivity contribution in [1.82, 2.24) is 10.2 Å². The summed E-state index contributed by atoms with van der Waals surface area (Å²) in [6.45, 7) is 4.02. The zero-order valence-corrected chi connectivity index (χ0v) is 14.1. The molecule has 0 aliphatic rings. The van der Waals surface area contributed by atoms with Crippen molar-refractivity contribution in [2.24, 2.45) is 0 Å². The third-order valence-electron chi connectivity index (χ3n) is 3.23. The van der Waals surface area contributed by atoms with Crippen molar-refractivity contribution in [2.75, 3.05) is 19.5 Å². The van der Waals surface area contributed by atoms with Crippen LogP contribution < -0.4 is 14.8 Å². The van der Waals surface area contributed by atoms with Crippen LogP contribution in [0.3, 0.4) is 0 Å². The van der Waals surface area contributed by atoms with Gasteiger partial charge in [0, 0.05) is 12.1 Å². The highest BCUT2D eigenvalue weighted by atomic mass is 35.5. The molecule has 0 radical (unpaired) electrons. The molecule has 1 aromatic heterocycles. The molecule has 122 valence electrons. The summed E-state index contributed by atoms with van der Waals surface area (Å²) in [5.74, 6) is 0.718. The maximum Gasteiger partial charge on any atom is 0.276 e. The van der Waals surface area contributed by atoms with Crippen LogP contribution >= 0.6 is 11.6 Å². The second-order valence-electron chi connectivity index (χ2n) is 5.14. The highest BCUT2D eigenvalue weighted by molar-refractivity contribution is 6.32. The van der Waals surface area contributed by atoms with Gasteiger partial charge in [0.25, 0.3) is 5.91 Å². The molecule has 0 fully saturated rings. The maximum atomic E-state index is 12.3. The first-order chi connectivity index (χ1) is 11.0. The Morgan fingerprint density at radius 3 is 2.35 bits per heavy atom. The minimum atomic E-state index is -0.393. The molecular weight excluding hydrogens is 318 g/mol. The van der Waals surface area contributed by atoms with Crippen LogP contribution in [0.4, 0.5) is 5.69 Å². The third kappa shape index (κ3) is 3.90. The minimum absolute atomic E-state index is 0.213. The van der Waals surface area contributed by atoms with Gasteiger partial charge in [0.2, 0.25) is 0 Å². The zero-order valence-electron chi connectivity index (χ0n) is 13.4. The first-order valence-electron chi connectivity index (χ1n) is 7.02. The maximum absolute atomic E-state index is 12.3. The van der Waals surface area contributed by atoms with Crippen molar-refractivity contribution in [3.8, 4) is 11.5 Å². The summed E-state index contributed by atoms with van der Waals surface area (Å²) in [6, 6.07) is 6.59. The Balaban J connectivity index is 2.25. The normalized spacial score (nSPS) is 10.5. The van der Waals surface area contributed by atoms with Crippen LogP contribution in [0, 0.1) is 0 Å². The molecule has 0 saturated carbocycles. The molecule has 0 aliphatic carbocycles. The largest absolute Gasteiger partial charge is 0.495 e. The summed E-state index contributed by atoms with van der Waals surface area (Å²) in [5.41, 5.74) is 1.48. The van der Waals surface area contributed by atoms with E-state index >= 15 is 0 Å². The van der Waals surface area contributed by atoms with E-state index in [1.807, 2.05) is 13.8 Å². The molecule has 0 saturated heterocycles. The molecule has 7 heteroatoms. The predicted octanol–water partition coefficient (Wildman–Crippen LogP) is 3.52. The van der Waals surface area contributed by atoms with E-state index in [9.17, 15) is 4.79 Å². The van der Waals surface area contributed by atoms with Crippen LogP contribution in [0.5, 0.6) is 11.5 Å². The quantitative estimate of drug-likeness (QED) is 0.905. The number of rotatable bonds is 5. The van der Waals surface area contributed by atoms with Crippen LogP contribution in [0.15, 0.2) is 24.3 Å². The number of benzene rings is 1. The average Bonchev–Trinajstić information content (AvgIpc) is 2.55. The summed E-state index contributed by atoms with van der Waals surface area (Å²) in [5, 5.41) is 11.1. The molecule has 2 rings (SSSR count). The second-order valence-corrected chi connectivity index (χ2v) is 5.55. The smallest absolute Gasteiger partial charge is 0.276 e. The highest BCUT2D eigenvalue weighted by Crippen LogP contribution is 2.36. The number of amides is 1. The lowest BCUT2D eigenvalue weighted by atomic mass is 10.1. The van der Waals surface area contributed by atoms with Gasteiger partial charge in [0.05, 0.1) is 30.6 Å². The van der Waals surface area contributed by atoms with Crippen LogP contribution in [-0.2, 0) is 0 Å². The van der Waals surface area contributed by atoms with Gasteiger partial charge in [-0.3, -0.25) is 4.79 Å². The van der Waals surface area contributed by atoms with Gasteiger partial charge in [-0.1, -0.05) is 25.4 Å². The summed E-state index contributed by atoms with van der Waals surface area (Å²) in [6.07, 6.45) is 0. The molecule has 6 nitrogen and oxygen atoms in total. The number of nitrogens with one attached hydrogen (secondary N) is 1. The van der Waals surface area contributed by atoms with E-state index in [1.54, 1.807) is 24.3 Å². The zero-order chi connectivity index (χ0) is 17.0. The Morgan fingerprint density at radius 2 is 1.83 bits per heavy atom. The molecule has 2 aromatic rings. The van der Waals surface area contributed by atoms with Crippen molar-refractivity contribution in [1.29, 1.82) is 0 Å². The van der Waals surface area contributed by atoms with Crippen molar-refractivity contribution in [3.05, 3.63) is 40.7 Å². The number of carbonyl (C=O) groups excluding carboxylic acids is 1. The van der Waals surface area contributed by atoms with Gasteiger partial charge in [-0.2, -0.15) is 5.10 Å². The van der Waals surface area contributed by atoms with E-state index in [1.165, 1.54) is 14.2 Å². The third-order valence-corrected chi connectivity index (χ3v) is 3.53. The molecule has 1 heterocycles. The molecule has 0 unspecified atom stereocenters. The number of hydrogen-bond donors (Lipinski definition) is 1. The lowest BCUT2D eigenvalue weighted by molar-refractivity contribution is 0.102. The number of nitrogens with zero attached hydrogens (tertiary/aromatic N) is 2. The number of ether oxygens (including phenoxy) is 2. The summed E-state index contributed by atoms with van der Waals surface area (Å²) in [7, 11) is 2.99. The van der Waals surface area contributed by atoms with Crippen LogP contribution in [0.2, 0.25) is 5.02 Å². The van der Waals surface area contributed by atoms with E-state index in [-0.39, 0.29) is 11.6 Å². The second kappa shape index (κ2) is 7.28. The van der Waals surface area contributed by atoms with Gasteiger partial charge in [-0.05, 0) is 18.1 Å². The monoisotopic (exact) mass is 335 g/mol. The summed E-state index contributed by atoms with van der Waals surface area (Å²) in [4.78, 5) is 12.3. The first-order valence-corrected chi connectivity index (χ1v) is 7.40. The van der Waals surface area contributed by atoms with Gasteiger partial charge in [0.15, 0.2) is 5.69 Å². The van der Waals surface area contributed by atoms with Gasteiger partial charge in [-0.25, -0.2) is 0 Å². The Bertz CT molecular complexity index is 702. The molecule has 1 aromatic carbocycles. The van der Waals surface area contributed by atoms with Crippen molar-refractivity contribution < 1.29 is 14.3 Å². The molecule has 23 heavy (non-hydrogen) atoms. The number of carbonyl (C=O) groups is 1. The van der Waals surface area contributed by atoms with Crippen molar-refractivity contribution >= 4 is 23.2 Å². The molecule has 0 bridgehead atoms. The Hall–Kier alpha value is -2.34. The van der Waals surface area contributed by atoms with Crippen LogP contribution in [-0.4, -0.2) is 30.3 Å². The number of hydrogen-bond acceptors (Lipinski definition) is 5. The SMILES string of the molecule is COc1cc(NC(=O)c2ccc(C(C)C)nn2)c(OC)cc1Cl. The van der Waals surface area contributed by atoms with Gasteiger partial charge >= 0.3 is 0 Å². The van der Waals surface area contributed by atoms with Gasteiger partial charge in [-0.15, -0.1) is 5.10 Å². The number of aromatic nitrogens is 2. The van der Waals surface area contributed by atoms with Crippen LogP contribution in [0.25, 0.3) is 0 Å². The first kappa shape index (κ1) is 17.0. The molecule has 1 N–H and O–H groups in total. The lowest BCUT2D eigenvalue weighted by Crippen LogP contribution is -2.15. The van der Waals surface area contributed by atoms with Crippen molar-refractivity contribution in [2.45, 2.75) is 19.8 Å². The predicted molar refractivity (Wildman–Crippen MR) is 88.6 cm³/mol.